The topological polar surface area (TPSA) is 12.0 Å². The van der Waals surface area contributed by atoms with Gasteiger partial charge in [-0.3, -0.25) is 0 Å². The molecule has 3 heteroatoms. The second-order valence-electron chi connectivity index (χ2n) is 7.04. The van der Waals surface area contributed by atoms with Gasteiger partial charge >= 0.3 is 0 Å². The Balaban J connectivity index is 2.60. The minimum Gasteiger partial charge on any atom is -0.317 e. The van der Waals surface area contributed by atoms with E-state index in [-0.39, 0.29) is 10.8 Å². The largest absolute Gasteiger partial charge is 0.317 e. The van der Waals surface area contributed by atoms with Crippen molar-refractivity contribution < 1.29 is 4.39 Å². The van der Waals surface area contributed by atoms with Crippen LogP contribution in [0.1, 0.15) is 46.1 Å². The molecule has 0 amide bonds. The van der Waals surface area contributed by atoms with Crippen molar-refractivity contribution in [3.8, 4) is 0 Å². The number of hydrogen-bond donors (Lipinski definition) is 1. The zero-order valence-electron chi connectivity index (χ0n) is 13.3. The molecule has 0 aliphatic heterocycles. The van der Waals surface area contributed by atoms with E-state index in [1.807, 2.05) is 13.1 Å². The molecule has 2 atom stereocenters. The van der Waals surface area contributed by atoms with Gasteiger partial charge in [-0.15, -0.1) is 0 Å². The van der Waals surface area contributed by atoms with Crippen molar-refractivity contribution in [1.29, 1.82) is 0 Å². The van der Waals surface area contributed by atoms with Crippen LogP contribution in [0.5, 0.6) is 0 Å². The summed E-state index contributed by atoms with van der Waals surface area (Å²) in [4.78, 5) is 0. The van der Waals surface area contributed by atoms with Crippen molar-refractivity contribution in [1.82, 2.24) is 5.32 Å². The molecule has 1 N–H and O–H groups in total. The fraction of sp³-hybridized carbons (Fsp3) is 0.647. The van der Waals surface area contributed by atoms with Crippen LogP contribution < -0.4 is 5.32 Å². The third-order valence-corrected chi connectivity index (χ3v) is 3.83. The predicted octanol–water partition coefficient (Wildman–Crippen LogP) is 5.07. The Morgan fingerprint density at radius 2 is 1.95 bits per heavy atom. The molecule has 0 bridgehead atoms. The molecule has 0 heterocycles. The van der Waals surface area contributed by atoms with Gasteiger partial charge in [0.25, 0.3) is 0 Å². The molecule has 0 saturated heterocycles. The van der Waals surface area contributed by atoms with E-state index in [0.29, 0.717) is 17.4 Å². The number of rotatable bonds is 6. The van der Waals surface area contributed by atoms with Crippen LogP contribution in [0.4, 0.5) is 4.39 Å². The van der Waals surface area contributed by atoms with Crippen LogP contribution in [-0.4, -0.2) is 13.1 Å². The minimum atomic E-state index is -0.332. The van der Waals surface area contributed by atoms with E-state index in [0.717, 1.165) is 18.4 Å². The van der Waals surface area contributed by atoms with Crippen LogP contribution in [-0.2, 0) is 6.42 Å². The second kappa shape index (κ2) is 7.42. The van der Waals surface area contributed by atoms with Crippen LogP contribution in [0.2, 0.25) is 5.02 Å². The summed E-state index contributed by atoms with van der Waals surface area (Å²) >= 11 is 5.72. The van der Waals surface area contributed by atoms with Crippen LogP contribution in [0, 0.1) is 17.2 Å². The zero-order valence-corrected chi connectivity index (χ0v) is 14.0. The molecule has 2 unspecified atom stereocenters. The first kappa shape index (κ1) is 17.5. The highest BCUT2D eigenvalue weighted by Crippen LogP contribution is 2.27. The van der Waals surface area contributed by atoms with Gasteiger partial charge in [0.1, 0.15) is 5.82 Å². The van der Waals surface area contributed by atoms with E-state index in [2.05, 4.69) is 33.0 Å². The summed E-state index contributed by atoms with van der Waals surface area (Å²) in [6.45, 7) is 9.10. The second-order valence-corrected chi connectivity index (χ2v) is 7.45. The third kappa shape index (κ3) is 6.23. The number of likely N-dealkylation sites (N-methyl/N-ethyl adjacent to an activating group) is 1. The van der Waals surface area contributed by atoms with E-state index < -0.39 is 0 Å². The lowest BCUT2D eigenvalue weighted by molar-refractivity contribution is 0.277. The van der Waals surface area contributed by atoms with Gasteiger partial charge in [-0.2, -0.15) is 0 Å². The average Bonchev–Trinajstić information content (AvgIpc) is 2.30. The molecule has 0 aliphatic carbocycles. The van der Waals surface area contributed by atoms with E-state index in [9.17, 15) is 4.39 Å². The molecule has 1 aromatic rings. The Morgan fingerprint density at radius 3 is 2.45 bits per heavy atom. The van der Waals surface area contributed by atoms with E-state index in [1.54, 1.807) is 12.1 Å². The monoisotopic (exact) mass is 299 g/mol. The molecule has 0 aromatic heterocycles. The molecule has 0 spiro atoms. The molecular formula is C17H27ClFN. The first-order chi connectivity index (χ1) is 9.21. The van der Waals surface area contributed by atoms with Crippen LogP contribution in [0.15, 0.2) is 18.2 Å². The number of halogens is 2. The number of nitrogens with one attached hydrogen (secondary N) is 1. The van der Waals surface area contributed by atoms with Gasteiger partial charge in [0, 0.05) is 6.04 Å². The fourth-order valence-corrected chi connectivity index (χ4v) is 2.99. The molecule has 0 fully saturated rings. The van der Waals surface area contributed by atoms with Crippen molar-refractivity contribution >= 4 is 11.6 Å². The van der Waals surface area contributed by atoms with Crippen LogP contribution >= 0.6 is 11.6 Å². The summed E-state index contributed by atoms with van der Waals surface area (Å²) < 4.78 is 13.5. The molecule has 0 aliphatic rings. The molecule has 20 heavy (non-hydrogen) atoms. The Labute approximate surface area is 127 Å². The van der Waals surface area contributed by atoms with Gasteiger partial charge in [-0.05, 0) is 55.3 Å². The number of benzene rings is 1. The lowest BCUT2D eigenvalue weighted by Gasteiger charge is -2.26. The Hall–Kier alpha value is -0.600. The maximum Gasteiger partial charge on any atom is 0.142 e. The van der Waals surface area contributed by atoms with Crippen LogP contribution in [0.25, 0.3) is 0 Å². The Kier molecular flexibility index (Phi) is 6.47. The summed E-state index contributed by atoms with van der Waals surface area (Å²) in [6, 6.07) is 5.45. The molecule has 1 aromatic carbocycles. The molecular weight excluding hydrogens is 273 g/mol. The standard InChI is InChI=1S/C17H27ClFN/c1-12(11-17(2,3)4)8-14(20-5)9-13-6-7-15(18)16(19)10-13/h6-7,10,12,14,20H,8-9,11H2,1-5H3. The normalized spacial score (nSPS) is 15.2. The van der Waals surface area contributed by atoms with Crippen molar-refractivity contribution in [3.63, 3.8) is 0 Å². The summed E-state index contributed by atoms with van der Waals surface area (Å²) in [5.74, 6) is 0.311. The van der Waals surface area contributed by atoms with Gasteiger partial charge in [0.15, 0.2) is 0 Å². The van der Waals surface area contributed by atoms with Crippen molar-refractivity contribution in [3.05, 3.63) is 34.6 Å². The Morgan fingerprint density at radius 1 is 1.30 bits per heavy atom. The van der Waals surface area contributed by atoms with Crippen molar-refractivity contribution in [2.24, 2.45) is 11.3 Å². The molecule has 1 nitrogen and oxygen atoms in total. The maximum atomic E-state index is 13.5. The predicted molar refractivity (Wildman–Crippen MR) is 85.8 cm³/mol. The third-order valence-electron chi connectivity index (χ3n) is 3.52. The minimum absolute atomic E-state index is 0.191. The fourth-order valence-electron chi connectivity index (χ4n) is 2.87. The lowest BCUT2D eigenvalue weighted by Crippen LogP contribution is -2.30. The van der Waals surface area contributed by atoms with Gasteiger partial charge in [-0.25, -0.2) is 4.39 Å². The van der Waals surface area contributed by atoms with Crippen molar-refractivity contribution in [2.45, 2.75) is 53.0 Å². The summed E-state index contributed by atoms with van der Waals surface area (Å²) in [5, 5.41) is 3.54. The van der Waals surface area contributed by atoms with Crippen LogP contribution in [0.3, 0.4) is 0 Å². The first-order valence-electron chi connectivity index (χ1n) is 7.32. The molecule has 0 saturated carbocycles. The van der Waals surface area contributed by atoms with Gasteiger partial charge < -0.3 is 5.32 Å². The number of hydrogen-bond acceptors (Lipinski definition) is 1. The molecule has 0 radical (unpaired) electrons. The quantitative estimate of drug-likeness (QED) is 0.773. The van der Waals surface area contributed by atoms with Gasteiger partial charge in [-0.1, -0.05) is 45.4 Å². The smallest absolute Gasteiger partial charge is 0.142 e. The van der Waals surface area contributed by atoms with Crippen molar-refractivity contribution in [2.75, 3.05) is 7.05 Å². The summed E-state index contributed by atoms with van der Waals surface area (Å²) in [5.41, 5.74) is 1.35. The Bertz CT molecular complexity index is 425. The molecule has 1 rings (SSSR count). The van der Waals surface area contributed by atoms with E-state index in [4.69, 9.17) is 11.6 Å². The lowest BCUT2D eigenvalue weighted by atomic mass is 9.82. The zero-order chi connectivity index (χ0) is 15.3. The summed E-state index contributed by atoms with van der Waals surface area (Å²) in [6.07, 6.45) is 3.12. The SMILES string of the molecule is CNC(Cc1ccc(Cl)c(F)c1)CC(C)CC(C)(C)C. The van der Waals surface area contributed by atoms with E-state index in [1.165, 1.54) is 6.42 Å². The highest BCUT2D eigenvalue weighted by Gasteiger charge is 2.19. The maximum absolute atomic E-state index is 13.5. The summed E-state index contributed by atoms with van der Waals surface area (Å²) in [7, 11) is 1.97. The van der Waals surface area contributed by atoms with Gasteiger partial charge in [0.05, 0.1) is 5.02 Å². The first-order valence-corrected chi connectivity index (χ1v) is 7.70. The highest BCUT2D eigenvalue weighted by atomic mass is 35.5. The molecule has 114 valence electrons. The van der Waals surface area contributed by atoms with E-state index >= 15 is 0 Å². The highest BCUT2D eigenvalue weighted by molar-refractivity contribution is 6.30. The van der Waals surface area contributed by atoms with Gasteiger partial charge in [0.2, 0.25) is 0 Å². The average molecular weight is 300 g/mol.